The molecule has 1 atom stereocenters. The van der Waals surface area contributed by atoms with E-state index < -0.39 is 0 Å². The predicted octanol–water partition coefficient (Wildman–Crippen LogP) is -0.680. The van der Waals surface area contributed by atoms with Crippen LogP contribution in [0.2, 0.25) is 0 Å². The highest BCUT2D eigenvalue weighted by molar-refractivity contribution is 5.68. The maximum atomic E-state index is 5.57. The van der Waals surface area contributed by atoms with E-state index in [0.717, 1.165) is 0 Å². The van der Waals surface area contributed by atoms with E-state index in [2.05, 4.69) is 20.6 Å². The molecule has 0 fully saturated rings. The van der Waals surface area contributed by atoms with Crippen molar-refractivity contribution >= 4 is 11.2 Å². The Morgan fingerprint density at radius 3 is 3.00 bits per heavy atom. The fraction of sp³-hybridized carbons (Fsp3) is 0.444. The van der Waals surface area contributed by atoms with Crippen LogP contribution in [0.5, 0.6) is 0 Å². The summed E-state index contributed by atoms with van der Waals surface area (Å²) >= 11 is 0. The Morgan fingerprint density at radius 1 is 1.50 bits per heavy atom. The average molecular weight is 222 g/mol. The summed E-state index contributed by atoms with van der Waals surface area (Å²) in [5.41, 5.74) is 1.31. The highest BCUT2D eigenvalue weighted by Gasteiger charge is 2.13. The smallest absolute Gasteiger partial charge is 0.235 e. The van der Waals surface area contributed by atoms with Gasteiger partial charge in [-0.3, -0.25) is 10.2 Å². The second-order valence-corrected chi connectivity index (χ2v) is 3.52. The molecule has 0 aliphatic rings. The largest absolute Gasteiger partial charge is 0.357 e. The summed E-state index contributed by atoms with van der Waals surface area (Å²) in [7, 11) is 5.60. The Balaban J connectivity index is 2.27. The highest BCUT2D eigenvalue weighted by atomic mass is 16.7. The maximum Gasteiger partial charge on any atom is 0.235 e. The SMILES string of the molecule is CNC(On1nnc2cccnc21)N(C)C. The number of nitrogens with zero attached hydrogens (tertiary/aromatic N) is 5. The molecule has 2 rings (SSSR count). The van der Waals surface area contributed by atoms with E-state index >= 15 is 0 Å². The summed E-state index contributed by atoms with van der Waals surface area (Å²) in [5.74, 6) is 0. The van der Waals surface area contributed by atoms with Crippen LogP contribution < -0.4 is 10.2 Å². The predicted molar refractivity (Wildman–Crippen MR) is 58.4 cm³/mol. The van der Waals surface area contributed by atoms with E-state index in [1.165, 1.54) is 4.85 Å². The molecule has 0 aromatic carbocycles. The van der Waals surface area contributed by atoms with Gasteiger partial charge in [0.1, 0.15) is 5.52 Å². The second kappa shape index (κ2) is 4.42. The van der Waals surface area contributed by atoms with Gasteiger partial charge >= 0.3 is 0 Å². The van der Waals surface area contributed by atoms with Crippen molar-refractivity contribution < 1.29 is 4.84 Å². The van der Waals surface area contributed by atoms with E-state index in [9.17, 15) is 0 Å². The van der Waals surface area contributed by atoms with Gasteiger partial charge in [-0.05, 0) is 38.5 Å². The molecule has 0 spiro atoms. The van der Waals surface area contributed by atoms with Crippen molar-refractivity contribution in [3.8, 4) is 0 Å². The first-order valence-electron chi connectivity index (χ1n) is 4.89. The molecule has 7 nitrogen and oxygen atoms in total. The Bertz CT molecular complexity index is 468. The molecule has 0 saturated carbocycles. The zero-order chi connectivity index (χ0) is 11.5. The minimum atomic E-state index is -0.285. The normalized spacial score (nSPS) is 13.2. The molecule has 0 saturated heterocycles. The third kappa shape index (κ3) is 1.95. The molecule has 0 aliphatic heterocycles. The molecule has 86 valence electrons. The quantitative estimate of drug-likeness (QED) is 0.691. The van der Waals surface area contributed by atoms with Crippen LogP contribution in [0.25, 0.3) is 11.2 Å². The van der Waals surface area contributed by atoms with Crippen LogP contribution >= 0.6 is 0 Å². The summed E-state index contributed by atoms with van der Waals surface area (Å²) in [6.07, 6.45) is 1.39. The number of hydrogen-bond acceptors (Lipinski definition) is 6. The van der Waals surface area contributed by atoms with Crippen LogP contribution in [-0.2, 0) is 0 Å². The van der Waals surface area contributed by atoms with Gasteiger partial charge in [-0.15, -0.1) is 5.10 Å². The average Bonchev–Trinajstić information content (AvgIpc) is 2.69. The minimum Gasteiger partial charge on any atom is -0.357 e. The third-order valence-corrected chi connectivity index (χ3v) is 2.10. The maximum absolute atomic E-state index is 5.57. The van der Waals surface area contributed by atoms with Crippen molar-refractivity contribution in [1.82, 2.24) is 30.4 Å². The Labute approximate surface area is 93.0 Å². The molecule has 7 heteroatoms. The summed E-state index contributed by atoms with van der Waals surface area (Å²) in [6.45, 7) is 0. The molecule has 16 heavy (non-hydrogen) atoms. The van der Waals surface area contributed by atoms with Gasteiger partial charge < -0.3 is 4.84 Å². The topological polar surface area (TPSA) is 68.1 Å². The number of fused-ring (bicyclic) bond motifs is 1. The van der Waals surface area contributed by atoms with E-state index in [1.807, 2.05) is 31.1 Å². The Hall–Kier alpha value is -1.73. The van der Waals surface area contributed by atoms with Gasteiger partial charge in [-0.1, -0.05) is 4.85 Å². The van der Waals surface area contributed by atoms with Crippen LogP contribution in [-0.4, -0.2) is 52.5 Å². The summed E-state index contributed by atoms with van der Waals surface area (Å²) in [6, 6.07) is 3.64. The molecule has 1 unspecified atom stereocenters. The molecule has 0 bridgehead atoms. The van der Waals surface area contributed by atoms with E-state index in [4.69, 9.17) is 4.84 Å². The molecule has 0 aliphatic carbocycles. The number of rotatable bonds is 4. The van der Waals surface area contributed by atoms with Gasteiger partial charge in [-0.25, -0.2) is 4.98 Å². The first-order chi connectivity index (χ1) is 7.72. The molecule has 2 aromatic heterocycles. The molecular weight excluding hydrogens is 208 g/mol. The van der Waals surface area contributed by atoms with Gasteiger partial charge in [0.05, 0.1) is 0 Å². The van der Waals surface area contributed by atoms with E-state index in [-0.39, 0.29) is 6.35 Å². The van der Waals surface area contributed by atoms with Crippen LogP contribution in [0, 0.1) is 0 Å². The lowest BCUT2D eigenvalue weighted by Gasteiger charge is -2.22. The van der Waals surface area contributed by atoms with Crippen LogP contribution in [0.3, 0.4) is 0 Å². The Morgan fingerprint density at radius 2 is 2.31 bits per heavy atom. The number of nitrogens with one attached hydrogen (secondary N) is 1. The van der Waals surface area contributed by atoms with Crippen molar-refractivity contribution in [2.45, 2.75) is 6.35 Å². The van der Waals surface area contributed by atoms with Crippen molar-refractivity contribution in [3.05, 3.63) is 18.3 Å². The number of pyridine rings is 1. The van der Waals surface area contributed by atoms with Crippen LogP contribution in [0.4, 0.5) is 0 Å². The molecule has 0 amide bonds. The van der Waals surface area contributed by atoms with Gasteiger partial charge in [0, 0.05) is 6.20 Å². The van der Waals surface area contributed by atoms with Crippen LogP contribution in [0.1, 0.15) is 0 Å². The van der Waals surface area contributed by atoms with E-state index in [1.54, 1.807) is 13.2 Å². The lowest BCUT2D eigenvalue weighted by Crippen LogP contribution is -2.47. The third-order valence-electron chi connectivity index (χ3n) is 2.10. The Kier molecular flexibility index (Phi) is 2.97. The number of hydrogen-bond donors (Lipinski definition) is 1. The number of aromatic nitrogens is 4. The van der Waals surface area contributed by atoms with Gasteiger partial charge in [0.2, 0.25) is 12.0 Å². The van der Waals surface area contributed by atoms with Crippen molar-refractivity contribution in [2.75, 3.05) is 21.1 Å². The van der Waals surface area contributed by atoms with Crippen molar-refractivity contribution in [1.29, 1.82) is 0 Å². The first kappa shape index (κ1) is 10.8. The molecule has 2 heterocycles. The lowest BCUT2D eigenvalue weighted by molar-refractivity contribution is -0.0721. The molecule has 0 radical (unpaired) electrons. The van der Waals surface area contributed by atoms with E-state index in [0.29, 0.717) is 11.2 Å². The van der Waals surface area contributed by atoms with Crippen molar-refractivity contribution in [3.63, 3.8) is 0 Å². The molecular formula is C9H14N6O. The van der Waals surface area contributed by atoms with Gasteiger partial charge in [-0.2, -0.15) is 0 Å². The fourth-order valence-electron chi connectivity index (χ4n) is 1.32. The zero-order valence-electron chi connectivity index (χ0n) is 9.45. The molecule has 2 aromatic rings. The van der Waals surface area contributed by atoms with Crippen LogP contribution in [0.15, 0.2) is 18.3 Å². The fourth-order valence-corrected chi connectivity index (χ4v) is 1.32. The summed E-state index contributed by atoms with van der Waals surface area (Å²) < 4.78 is 0. The van der Waals surface area contributed by atoms with Gasteiger partial charge in [0.15, 0.2) is 0 Å². The van der Waals surface area contributed by atoms with Crippen molar-refractivity contribution in [2.24, 2.45) is 0 Å². The second-order valence-electron chi connectivity index (χ2n) is 3.52. The monoisotopic (exact) mass is 222 g/mol. The zero-order valence-corrected chi connectivity index (χ0v) is 9.45. The van der Waals surface area contributed by atoms with Gasteiger partial charge in [0.25, 0.3) is 0 Å². The highest BCUT2D eigenvalue weighted by Crippen LogP contribution is 2.04. The lowest BCUT2D eigenvalue weighted by atomic mass is 10.4. The minimum absolute atomic E-state index is 0.285. The summed E-state index contributed by atoms with van der Waals surface area (Å²) in [5, 5.41) is 10.8. The molecule has 1 N–H and O–H groups in total. The standard InChI is InChI=1S/C9H14N6O/c1-10-9(14(2)3)16-15-8-7(12-13-15)5-4-6-11-8/h4-6,9-10H,1-3H3. The first-order valence-corrected chi connectivity index (χ1v) is 4.89. The summed E-state index contributed by atoms with van der Waals surface area (Å²) in [4.78, 5) is 12.9.